The van der Waals surface area contributed by atoms with E-state index in [1.54, 1.807) is 6.92 Å². The summed E-state index contributed by atoms with van der Waals surface area (Å²) in [5.41, 5.74) is 6.71. The van der Waals surface area contributed by atoms with E-state index in [-0.39, 0.29) is 24.0 Å². The average molecular weight is 512 g/mol. The molecule has 0 bridgehead atoms. The number of nitrogens with two attached hydrogens (primary N) is 1. The molecule has 1 saturated heterocycles. The molecule has 4 N–H and O–H groups in total. The van der Waals surface area contributed by atoms with Crippen molar-refractivity contribution in [3.8, 4) is 0 Å². The molecule has 1 fully saturated rings. The summed E-state index contributed by atoms with van der Waals surface area (Å²) in [7, 11) is -0.0979. The van der Waals surface area contributed by atoms with Gasteiger partial charge in [-0.3, -0.25) is 9.59 Å². The Bertz CT molecular complexity index is 748. The topological polar surface area (TPSA) is 122 Å². The number of methoxy groups -OCH3 is 1. The molecule has 3 unspecified atom stereocenters. The Labute approximate surface area is 212 Å². The molecule has 0 spiro atoms. The fourth-order valence-corrected chi connectivity index (χ4v) is 4.07. The first kappa shape index (κ1) is 33.0. The highest BCUT2D eigenvalue weighted by atomic mass is 31.1. The number of nitrogens with one attached hydrogen (secondary N) is 1. The molecule has 1 aromatic rings. The summed E-state index contributed by atoms with van der Waals surface area (Å²) in [5, 5.41) is 2.58. The Kier molecular flexibility index (Phi) is 17.2. The first-order chi connectivity index (χ1) is 16.5. The Morgan fingerprint density at radius 2 is 1.77 bits per heavy atom. The monoisotopic (exact) mass is 511 g/mol. The van der Waals surface area contributed by atoms with Crippen molar-refractivity contribution in [1.82, 2.24) is 10.2 Å². The van der Waals surface area contributed by atoms with Gasteiger partial charge in [-0.2, -0.15) is 0 Å². The van der Waals surface area contributed by atoms with E-state index in [9.17, 15) is 19.3 Å². The zero-order valence-electron chi connectivity index (χ0n) is 22.5. The number of carbonyl (C=O) groups excluding carboxylic acids is 3. The lowest BCUT2D eigenvalue weighted by molar-refractivity contribution is -0.146. The molecule has 4 atom stereocenters. The van der Waals surface area contributed by atoms with E-state index >= 15 is 0 Å². The van der Waals surface area contributed by atoms with Gasteiger partial charge in [-0.15, -0.1) is 0 Å². The van der Waals surface area contributed by atoms with Gasteiger partial charge in [0.1, 0.15) is 12.1 Å². The van der Waals surface area contributed by atoms with Crippen LogP contribution in [-0.4, -0.2) is 65.8 Å². The first-order valence-electron chi connectivity index (χ1n) is 12.3. The number of likely N-dealkylation sites (tertiary alicyclic amines) is 1. The van der Waals surface area contributed by atoms with Crippen molar-refractivity contribution < 1.29 is 24.0 Å². The predicted octanol–water partition coefficient (Wildman–Crippen LogP) is 3.64. The van der Waals surface area contributed by atoms with Gasteiger partial charge in [0.25, 0.3) is 0 Å². The van der Waals surface area contributed by atoms with Crippen LogP contribution in [0.1, 0.15) is 59.4 Å². The van der Waals surface area contributed by atoms with Crippen molar-refractivity contribution in [2.24, 2.45) is 17.6 Å². The van der Waals surface area contributed by atoms with Crippen LogP contribution < -0.4 is 11.1 Å². The zero-order chi connectivity index (χ0) is 27.0. The highest BCUT2D eigenvalue weighted by Crippen LogP contribution is 2.31. The fraction of sp³-hybridized carbons (Fsp3) is 0.654. The third-order valence-electron chi connectivity index (χ3n) is 5.63. The van der Waals surface area contributed by atoms with Crippen LogP contribution in [0.3, 0.4) is 0 Å². The third-order valence-corrected chi connectivity index (χ3v) is 7.02. The number of esters is 1. The normalized spacial score (nSPS) is 17.2. The predicted molar refractivity (Wildman–Crippen MR) is 143 cm³/mol. The summed E-state index contributed by atoms with van der Waals surface area (Å²) in [5.74, 6) is -0.554. The summed E-state index contributed by atoms with van der Waals surface area (Å²) in [6.45, 7) is 12.5. The minimum Gasteiger partial charge on any atom is -0.467 e. The number of hydrogen-bond acceptors (Lipinski definition) is 6. The smallest absolute Gasteiger partial charge is 0.328 e. The number of hydrogen-bond donors (Lipinski definition) is 3. The summed E-state index contributed by atoms with van der Waals surface area (Å²) >= 11 is 0. The maximum Gasteiger partial charge on any atom is 0.328 e. The Hall–Kier alpha value is -2.02. The van der Waals surface area contributed by atoms with E-state index in [2.05, 4.69) is 49.9 Å². The summed E-state index contributed by atoms with van der Waals surface area (Å²) in [6.07, 6.45) is 3.08. The molecule has 1 aromatic carbocycles. The van der Waals surface area contributed by atoms with E-state index in [0.29, 0.717) is 19.1 Å². The molecule has 200 valence electrons. The molecule has 1 aliphatic rings. The van der Waals surface area contributed by atoms with Crippen LogP contribution in [-0.2, 0) is 19.1 Å². The van der Waals surface area contributed by atoms with E-state index in [0.717, 1.165) is 12.3 Å². The van der Waals surface area contributed by atoms with Crippen molar-refractivity contribution in [3.63, 3.8) is 0 Å². The lowest BCUT2D eigenvalue weighted by Crippen LogP contribution is -2.51. The number of amides is 2. The maximum atomic E-state index is 12.5. The van der Waals surface area contributed by atoms with Gasteiger partial charge in [0.15, 0.2) is 0 Å². The van der Waals surface area contributed by atoms with Crippen molar-refractivity contribution >= 4 is 25.9 Å². The van der Waals surface area contributed by atoms with Gasteiger partial charge in [0.2, 0.25) is 11.8 Å². The Morgan fingerprint density at radius 3 is 2.20 bits per heavy atom. The average Bonchev–Trinajstić information content (AvgIpc) is 3.34. The van der Waals surface area contributed by atoms with Gasteiger partial charge in [0.05, 0.1) is 7.11 Å². The SMILES string of the molecule is CCC(C)C.COC(=O)C(C)NC(=O)[C@@H]1CCCN1C(=O)C(C)CP(O)CN.Cc1ccccc1. The minimum absolute atomic E-state index is 0.160. The second kappa shape index (κ2) is 18.3. The molecule has 35 heavy (non-hydrogen) atoms. The number of rotatable bonds is 8. The van der Waals surface area contributed by atoms with Gasteiger partial charge in [-0.1, -0.05) is 70.0 Å². The Morgan fingerprint density at radius 1 is 1.20 bits per heavy atom. The molecule has 1 heterocycles. The molecule has 0 aromatic heterocycles. The van der Waals surface area contributed by atoms with Crippen LogP contribution in [0.25, 0.3) is 0 Å². The van der Waals surface area contributed by atoms with E-state index in [1.807, 2.05) is 18.2 Å². The molecule has 8 nitrogen and oxygen atoms in total. The van der Waals surface area contributed by atoms with Crippen LogP contribution in [0, 0.1) is 18.8 Å². The van der Waals surface area contributed by atoms with Crippen molar-refractivity contribution in [3.05, 3.63) is 35.9 Å². The van der Waals surface area contributed by atoms with Crippen molar-refractivity contribution in [1.29, 1.82) is 0 Å². The van der Waals surface area contributed by atoms with Gasteiger partial charge < -0.3 is 25.6 Å². The highest BCUT2D eigenvalue weighted by molar-refractivity contribution is 7.51. The third kappa shape index (κ3) is 13.6. The Balaban J connectivity index is 0.000000782. The second-order valence-corrected chi connectivity index (χ2v) is 10.9. The van der Waals surface area contributed by atoms with Crippen LogP contribution in [0.4, 0.5) is 0 Å². The molecule has 0 radical (unpaired) electrons. The van der Waals surface area contributed by atoms with E-state index in [4.69, 9.17) is 5.73 Å². The molecule has 2 rings (SSSR count). The molecule has 1 aliphatic heterocycles. The summed E-state index contributed by atoms with van der Waals surface area (Å²) in [4.78, 5) is 47.4. The molecule has 0 aliphatic carbocycles. The second-order valence-electron chi connectivity index (χ2n) is 9.17. The van der Waals surface area contributed by atoms with Crippen molar-refractivity contribution in [2.75, 3.05) is 26.1 Å². The van der Waals surface area contributed by atoms with Gasteiger partial charge in [0, 0.05) is 33.1 Å². The molecular weight excluding hydrogens is 465 g/mol. The number of nitrogens with zero attached hydrogens (tertiary/aromatic N) is 1. The van der Waals surface area contributed by atoms with Crippen LogP contribution in [0.15, 0.2) is 30.3 Å². The van der Waals surface area contributed by atoms with Crippen molar-refractivity contribution in [2.45, 2.75) is 72.9 Å². The number of carbonyl (C=O) groups is 3. The number of benzene rings is 1. The molecular formula is C26H46N3O5P. The lowest BCUT2D eigenvalue weighted by atomic mass is 10.1. The maximum absolute atomic E-state index is 12.5. The number of aryl methyl sites for hydroxylation is 1. The molecule has 2 amide bonds. The minimum atomic E-state index is -1.35. The van der Waals surface area contributed by atoms with Crippen LogP contribution >= 0.6 is 8.15 Å². The van der Waals surface area contributed by atoms with Crippen LogP contribution in [0.2, 0.25) is 0 Å². The highest BCUT2D eigenvalue weighted by Gasteiger charge is 2.37. The largest absolute Gasteiger partial charge is 0.467 e. The standard InChI is InChI=1S/C14H26N3O5P.C7H8.C5H12/c1-9(7-23(21)8-15)13(19)17-6-4-5-11(17)12(18)16-10(2)14(20)22-3;1-7-5-3-2-4-6-7;1-4-5(2)3/h9-11,21H,4-8,15H2,1-3H3,(H,16,18);2-6H,1H3;5H,4H2,1-3H3/t9?,10?,11-,23?;;/m0../s1. The first-order valence-corrected chi connectivity index (χ1v) is 14.0. The quantitative estimate of drug-likeness (QED) is 0.362. The molecule has 0 saturated carbocycles. The number of ether oxygens (including phenoxy) is 1. The van der Waals surface area contributed by atoms with Gasteiger partial charge >= 0.3 is 5.97 Å². The van der Waals surface area contributed by atoms with E-state index in [1.165, 1.54) is 30.9 Å². The zero-order valence-corrected chi connectivity index (χ0v) is 23.4. The van der Waals surface area contributed by atoms with Gasteiger partial charge in [-0.05, 0) is 32.6 Å². The fourth-order valence-electron chi connectivity index (χ4n) is 3.13. The lowest BCUT2D eigenvalue weighted by Gasteiger charge is -2.28. The van der Waals surface area contributed by atoms with E-state index < -0.39 is 26.2 Å². The summed E-state index contributed by atoms with van der Waals surface area (Å²) < 4.78 is 4.57. The van der Waals surface area contributed by atoms with Gasteiger partial charge in [-0.25, -0.2) is 4.79 Å². The summed E-state index contributed by atoms with van der Waals surface area (Å²) in [6, 6.07) is 8.92. The van der Waals surface area contributed by atoms with Crippen LogP contribution in [0.5, 0.6) is 0 Å². The molecule has 9 heteroatoms.